The molecule has 2 N–H and O–H groups in total. The summed E-state index contributed by atoms with van der Waals surface area (Å²) in [6.07, 6.45) is 1.60. The Balaban J connectivity index is 1.55. The molecule has 8 heteroatoms. The molecule has 0 spiro atoms. The summed E-state index contributed by atoms with van der Waals surface area (Å²) in [6, 6.07) is 9.73. The second-order valence-corrected chi connectivity index (χ2v) is 9.13. The molecule has 1 aromatic carbocycles. The standard InChI is InChI=1S/C18H22N2O4S2/c21-16(17-4-3-13-25-17)9-10-19-18(22)14-5-7-15(8-6-14)26(23,24)20-11-1-2-12-20/h3-8,13,16,21H,1-2,9-12H2,(H,19,22)/t16-/m0/s1. The Bertz CT molecular complexity index is 827. The lowest BCUT2D eigenvalue weighted by atomic mass is 10.2. The molecular weight excluding hydrogens is 372 g/mol. The van der Waals surface area contributed by atoms with Gasteiger partial charge in [-0.25, -0.2) is 8.42 Å². The predicted molar refractivity (Wildman–Crippen MR) is 101 cm³/mol. The molecule has 0 aliphatic carbocycles. The molecule has 26 heavy (non-hydrogen) atoms. The van der Waals surface area contributed by atoms with Crippen LogP contribution in [0.4, 0.5) is 0 Å². The summed E-state index contributed by atoms with van der Waals surface area (Å²) in [5, 5.41) is 14.7. The average Bonchev–Trinajstić information content (AvgIpc) is 3.35. The second-order valence-electron chi connectivity index (χ2n) is 6.21. The summed E-state index contributed by atoms with van der Waals surface area (Å²) >= 11 is 1.48. The molecular formula is C18H22N2O4S2. The van der Waals surface area contributed by atoms with E-state index in [2.05, 4.69) is 5.32 Å². The van der Waals surface area contributed by atoms with E-state index >= 15 is 0 Å². The van der Waals surface area contributed by atoms with E-state index in [1.807, 2.05) is 17.5 Å². The van der Waals surface area contributed by atoms with E-state index in [0.29, 0.717) is 31.6 Å². The summed E-state index contributed by atoms with van der Waals surface area (Å²) in [4.78, 5) is 13.3. The molecule has 1 aliphatic heterocycles. The van der Waals surface area contributed by atoms with Gasteiger partial charge in [0.2, 0.25) is 10.0 Å². The maximum atomic E-state index is 12.5. The monoisotopic (exact) mass is 394 g/mol. The Kier molecular flexibility index (Phi) is 6.08. The molecule has 1 amide bonds. The van der Waals surface area contributed by atoms with Gasteiger partial charge in [-0.1, -0.05) is 6.07 Å². The van der Waals surface area contributed by atoms with Crippen LogP contribution in [0.25, 0.3) is 0 Å². The molecule has 6 nitrogen and oxygen atoms in total. The number of hydrogen-bond acceptors (Lipinski definition) is 5. The van der Waals surface area contributed by atoms with E-state index in [1.54, 1.807) is 0 Å². The minimum atomic E-state index is -3.46. The summed E-state index contributed by atoms with van der Waals surface area (Å²) in [5.74, 6) is -0.284. The molecule has 1 aromatic heterocycles. The van der Waals surface area contributed by atoms with Gasteiger partial charge in [-0.2, -0.15) is 4.31 Å². The predicted octanol–water partition coefficient (Wildman–Crippen LogP) is 2.39. The van der Waals surface area contributed by atoms with E-state index in [0.717, 1.165) is 17.7 Å². The van der Waals surface area contributed by atoms with Gasteiger partial charge in [-0.15, -0.1) is 11.3 Å². The van der Waals surface area contributed by atoms with Crippen molar-refractivity contribution < 1.29 is 18.3 Å². The topological polar surface area (TPSA) is 86.7 Å². The minimum Gasteiger partial charge on any atom is -0.388 e. The van der Waals surface area contributed by atoms with Crippen LogP contribution in [0.3, 0.4) is 0 Å². The van der Waals surface area contributed by atoms with Crippen molar-refractivity contribution >= 4 is 27.3 Å². The zero-order chi connectivity index (χ0) is 18.6. The van der Waals surface area contributed by atoms with Gasteiger partial charge in [0.25, 0.3) is 5.91 Å². The van der Waals surface area contributed by atoms with Gasteiger partial charge in [0.1, 0.15) is 0 Å². The summed E-state index contributed by atoms with van der Waals surface area (Å²) in [7, 11) is -3.46. The van der Waals surface area contributed by atoms with Crippen LogP contribution >= 0.6 is 11.3 Å². The number of aliphatic hydroxyl groups is 1. The van der Waals surface area contributed by atoms with Crippen LogP contribution in [0.5, 0.6) is 0 Å². The molecule has 1 fully saturated rings. The summed E-state index contributed by atoms with van der Waals surface area (Å²) in [5.41, 5.74) is 0.399. The maximum Gasteiger partial charge on any atom is 0.251 e. The van der Waals surface area contributed by atoms with Crippen LogP contribution in [0.1, 0.15) is 40.6 Å². The molecule has 2 aromatic rings. The molecule has 0 unspecified atom stereocenters. The van der Waals surface area contributed by atoms with E-state index < -0.39 is 16.1 Å². The molecule has 1 saturated heterocycles. The third-order valence-electron chi connectivity index (χ3n) is 4.39. The van der Waals surface area contributed by atoms with E-state index in [1.165, 1.54) is 39.9 Å². The SMILES string of the molecule is O=C(NCC[C@H](O)c1cccs1)c1ccc(S(=O)(=O)N2CCCC2)cc1. The smallest absolute Gasteiger partial charge is 0.251 e. The van der Waals surface area contributed by atoms with Crippen molar-refractivity contribution in [2.45, 2.75) is 30.3 Å². The van der Waals surface area contributed by atoms with Crippen LogP contribution in [0.15, 0.2) is 46.7 Å². The van der Waals surface area contributed by atoms with Crippen LogP contribution in [-0.2, 0) is 10.0 Å². The molecule has 140 valence electrons. The van der Waals surface area contributed by atoms with Crippen molar-refractivity contribution in [1.29, 1.82) is 0 Å². The number of sulfonamides is 1. The van der Waals surface area contributed by atoms with Crippen molar-refractivity contribution in [1.82, 2.24) is 9.62 Å². The van der Waals surface area contributed by atoms with Gasteiger partial charge in [0.05, 0.1) is 11.0 Å². The Hall–Kier alpha value is -1.74. The number of carbonyl (C=O) groups excluding carboxylic acids is 1. The maximum absolute atomic E-state index is 12.5. The molecule has 1 aliphatic rings. The van der Waals surface area contributed by atoms with Gasteiger partial charge in [0, 0.05) is 30.1 Å². The van der Waals surface area contributed by atoms with Crippen molar-refractivity contribution in [2.75, 3.05) is 19.6 Å². The number of benzene rings is 1. The second kappa shape index (κ2) is 8.30. The largest absolute Gasteiger partial charge is 0.388 e. The van der Waals surface area contributed by atoms with E-state index in [4.69, 9.17) is 0 Å². The number of hydrogen-bond donors (Lipinski definition) is 2. The number of nitrogens with zero attached hydrogens (tertiary/aromatic N) is 1. The van der Waals surface area contributed by atoms with Gasteiger partial charge in [0.15, 0.2) is 0 Å². The number of carbonyl (C=O) groups is 1. The highest BCUT2D eigenvalue weighted by Gasteiger charge is 2.27. The zero-order valence-corrected chi connectivity index (χ0v) is 15.9. The summed E-state index contributed by atoms with van der Waals surface area (Å²) < 4.78 is 26.4. The Morgan fingerprint density at radius 3 is 2.50 bits per heavy atom. The normalized spacial score (nSPS) is 16.5. The first-order valence-corrected chi connectivity index (χ1v) is 10.9. The highest BCUT2D eigenvalue weighted by atomic mass is 32.2. The van der Waals surface area contributed by atoms with Gasteiger partial charge >= 0.3 is 0 Å². The highest BCUT2D eigenvalue weighted by molar-refractivity contribution is 7.89. The first-order chi connectivity index (χ1) is 12.5. The van der Waals surface area contributed by atoms with Crippen LogP contribution in [0.2, 0.25) is 0 Å². The molecule has 0 bridgehead atoms. The summed E-state index contributed by atoms with van der Waals surface area (Å²) in [6.45, 7) is 1.44. The fourth-order valence-corrected chi connectivity index (χ4v) is 5.17. The third kappa shape index (κ3) is 4.32. The van der Waals surface area contributed by atoms with Crippen molar-refractivity contribution in [3.63, 3.8) is 0 Å². The Labute approximate surface area is 157 Å². The number of aliphatic hydroxyl groups excluding tert-OH is 1. The lowest BCUT2D eigenvalue weighted by Gasteiger charge is -2.15. The van der Waals surface area contributed by atoms with Gasteiger partial charge < -0.3 is 10.4 Å². The number of amides is 1. The van der Waals surface area contributed by atoms with Crippen molar-refractivity contribution in [2.24, 2.45) is 0 Å². The first-order valence-electron chi connectivity index (χ1n) is 8.58. The Morgan fingerprint density at radius 1 is 1.19 bits per heavy atom. The lowest BCUT2D eigenvalue weighted by Crippen LogP contribution is -2.28. The highest BCUT2D eigenvalue weighted by Crippen LogP contribution is 2.22. The average molecular weight is 395 g/mol. The fraction of sp³-hybridized carbons (Fsp3) is 0.389. The van der Waals surface area contributed by atoms with Crippen LogP contribution in [-0.4, -0.2) is 43.4 Å². The van der Waals surface area contributed by atoms with E-state index in [-0.39, 0.29) is 10.8 Å². The lowest BCUT2D eigenvalue weighted by molar-refractivity contribution is 0.0943. The van der Waals surface area contributed by atoms with Crippen LogP contribution < -0.4 is 5.32 Å². The van der Waals surface area contributed by atoms with Crippen molar-refractivity contribution in [3.8, 4) is 0 Å². The zero-order valence-electron chi connectivity index (χ0n) is 14.3. The van der Waals surface area contributed by atoms with Crippen LogP contribution in [0, 0.1) is 0 Å². The van der Waals surface area contributed by atoms with Crippen molar-refractivity contribution in [3.05, 3.63) is 52.2 Å². The molecule has 3 rings (SSSR count). The number of rotatable bonds is 7. The molecule has 0 saturated carbocycles. The minimum absolute atomic E-state index is 0.212. The fourth-order valence-electron chi connectivity index (χ4n) is 2.90. The first kappa shape index (κ1) is 19.0. The molecule has 0 radical (unpaired) electrons. The van der Waals surface area contributed by atoms with Gasteiger partial charge in [-0.05, 0) is 55.0 Å². The van der Waals surface area contributed by atoms with E-state index in [9.17, 15) is 18.3 Å². The van der Waals surface area contributed by atoms with Gasteiger partial charge in [-0.3, -0.25) is 4.79 Å². The Morgan fingerprint density at radius 2 is 1.88 bits per heavy atom. The number of thiophene rings is 1. The molecule has 2 heterocycles. The molecule has 1 atom stereocenters. The quantitative estimate of drug-likeness (QED) is 0.755. The number of nitrogens with one attached hydrogen (secondary N) is 1. The third-order valence-corrected chi connectivity index (χ3v) is 7.28.